The molecule has 0 aliphatic heterocycles. The summed E-state index contributed by atoms with van der Waals surface area (Å²) in [6.45, 7) is 0.0298. The minimum absolute atomic E-state index is 0.0298. The second-order valence-corrected chi connectivity index (χ2v) is 7.24. The van der Waals surface area contributed by atoms with Crippen molar-refractivity contribution in [3.63, 3.8) is 0 Å². The van der Waals surface area contributed by atoms with Crippen LogP contribution in [0.1, 0.15) is 15.9 Å². The van der Waals surface area contributed by atoms with Gasteiger partial charge in [0.1, 0.15) is 11.5 Å². The third kappa shape index (κ3) is 6.68. The zero-order chi connectivity index (χ0) is 22.1. The number of carbonyl (C=O) groups excluding carboxylic acids is 2. The van der Waals surface area contributed by atoms with Gasteiger partial charge in [-0.15, -0.1) is 0 Å². The van der Waals surface area contributed by atoms with Gasteiger partial charge in [0.2, 0.25) is 0 Å². The Bertz CT molecular complexity index is 1100. The molecule has 1 amide bonds. The van der Waals surface area contributed by atoms with Gasteiger partial charge in [0, 0.05) is 4.47 Å². The SMILES string of the molecule is COc1ccccc1NCC(=O)N/N=C\c1cccc(OC(=O)c2cccc(Br)c2)c1. The molecule has 0 radical (unpaired) electrons. The van der Waals surface area contributed by atoms with Crippen LogP contribution in [0.25, 0.3) is 0 Å². The molecule has 0 saturated heterocycles. The average Bonchev–Trinajstić information content (AvgIpc) is 2.78. The number of hydrazone groups is 1. The third-order valence-electron chi connectivity index (χ3n) is 4.08. The standard InChI is InChI=1S/C23H20BrN3O4/c1-30-21-11-3-2-10-20(21)25-15-22(28)27-26-14-16-6-4-9-19(12-16)31-23(29)17-7-5-8-18(24)13-17/h2-14,25H,15H2,1H3,(H,27,28)/b26-14-. The van der Waals surface area contributed by atoms with Gasteiger partial charge in [-0.05, 0) is 48.0 Å². The van der Waals surface area contributed by atoms with Gasteiger partial charge in [-0.3, -0.25) is 4.79 Å². The lowest BCUT2D eigenvalue weighted by molar-refractivity contribution is -0.119. The van der Waals surface area contributed by atoms with Crippen LogP contribution in [0, 0.1) is 0 Å². The highest BCUT2D eigenvalue weighted by molar-refractivity contribution is 9.10. The molecule has 0 unspecified atom stereocenters. The normalized spacial score (nSPS) is 10.5. The van der Waals surface area contributed by atoms with Crippen molar-refractivity contribution in [2.45, 2.75) is 0 Å². The maximum Gasteiger partial charge on any atom is 0.343 e. The number of esters is 1. The number of nitrogens with zero attached hydrogens (tertiary/aromatic N) is 1. The first-order chi connectivity index (χ1) is 15.0. The van der Waals surface area contributed by atoms with E-state index >= 15 is 0 Å². The Morgan fingerprint density at radius 3 is 2.65 bits per heavy atom. The van der Waals surface area contributed by atoms with Crippen LogP contribution in [0.15, 0.2) is 82.4 Å². The first-order valence-corrected chi connectivity index (χ1v) is 10.1. The summed E-state index contributed by atoms with van der Waals surface area (Å²) in [7, 11) is 1.56. The van der Waals surface area contributed by atoms with Crippen molar-refractivity contribution in [3.8, 4) is 11.5 Å². The molecule has 0 saturated carbocycles. The van der Waals surface area contributed by atoms with E-state index < -0.39 is 5.97 Å². The van der Waals surface area contributed by atoms with Crippen molar-refractivity contribution >= 4 is 39.7 Å². The molecular weight excluding hydrogens is 462 g/mol. The topological polar surface area (TPSA) is 89.0 Å². The monoisotopic (exact) mass is 481 g/mol. The lowest BCUT2D eigenvalue weighted by Gasteiger charge is -2.09. The molecule has 0 fully saturated rings. The van der Waals surface area contributed by atoms with E-state index in [1.807, 2.05) is 24.3 Å². The van der Waals surface area contributed by atoms with Crippen molar-refractivity contribution in [3.05, 3.63) is 88.4 Å². The van der Waals surface area contributed by atoms with Gasteiger partial charge >= 0.3 is 5.97 Å². The lowest BCUT2D eigenvalue weighted by atomic mass is 10.2. The van der Waals surface area contributed by atoms with E-state index in [1.54, 1.807) is 55.6 Å². The summed E-state index contributed by atoms with van der Waals surface area (Å²) < 4.78 is 11.4. The zero-order valence-corrected chi connectivity index (χ0v) is 18.3. The summed E-state index contributed by atoms with van der Waals surface area (Å²) in [5.74, 6) is 0.233. The number of hydrogen-bond acceptors (Lipinski definition) is 6. The predicted octanol–water partition coefficient (Wildman–Crippen LogP) is 4.24. The second kappa shape index (κ2) is 10.9. The fourth-order valence-corrected chi connectivity index (χ4v) is 3.02. The van der Waals surface area contributed by atoms with Crippen molar-refractivity contribution < 1.29 is 19.1 Å². The number of methoxy groups -OCH3 is 1. The van der Waals surface area contributed by atoms with Gasteiger partial charge in [0.25, 0.3) is 5.91 Å². The molecule has 2 N–H and O–H groups in total. The van der Waals surface area contributed by atoms with Crippen LogP contribution in [0.4, 0.5) is 5.69 Å². The Labute approximate surface area is 188 Å². The fourth-order valence-electron chi connectivity index (χ4n) is 2.62. The van der Waals surface area contributed by atoms with Crippen LogP contribution in [0.2, 0.25) is 0 Å². The number of para-hydroxylation sites is 2. The van der Waals surface area contributed by atoms with E-state index in [2.05, 4.69) is 31.8 Å². The molecule has 8 heteroatoms. The highest BCUT2D eigenvalue weighted by Crippen LogP contribution is 2.22. The first kappa shape index (κ1) is 22.0. The molecule has 0 bridgehead atoms. The minimum atomic E-state index is -0.467. The number of rotatable bonds is 8. The van der Waals surface area contributed by atoms with Crippen LogP contribution < -0.4 is 20.2 Å². The number of amides is 1. The van der Waals surface area contributed by atoms with Gasteiger partial charge in [-0.25, -0.2) is 10.2 Å². The summed E-state index contributed by atoms with van der Waals surface area (Å²) in [6.07, 6.45) is 1.47. The first-order valence-electron chi connectivity index (χ1n) is 9.32. The molecule has 0 aliphatic carbocycles. The quantitative estimate of drug-likeness (QED) is 0.217. The van der Waals surface area contributed by atoms with Crippen LogP contribution in [-0.4, -0.2) is 31.7 Å². The van der Waals surface area contributed by atoms with E-state index in [-0.39, 0.29) is 12.5 Å². The molecule has 0 aromatic heterocycles. The Balaban J connectivity index is 1.53. The van der Waals surface area contributed by atoms with Crippen molar-refractivity contribution in [1.29, 1.82) is 0 Å². The average molecular weight is 482 g/mol. The van der Waals surface area contributed by atoms with E-state index in [9.17, 15) is 9.59 Å². The van der Waals surface area contributed by atoms with Crippen molar-refractivity contribution in [2.75, 3.05) is 19.0 Å². The summed E-state index contributed by atoms with van der Waals surface area (Å²) in [6, 6.07) is 21.1. The molecule has 3 aromatic carbocycles. The van der Waals surface area contributed by atoms with Gasteiger partial charge in [0.05, 0.1) is 31.1 Å². The number of nitrogens with one attached hydrogen (secondary N) is 2. The number of ether oxygens (including phenoxy) is 2. The number of hydrogen-bond donors (Lipinski definition) is 2. The largest absolute Gasteiger partial charge is 0.495 e. The number of benzene rings is 3. The molecule has 0 aliphatic rings. The van der Waals surface area contributed by atoms with Gasteiger partial charge in [-0.2, -0.15) is 5.10 Å². The Kier molecular flexibility index (Phi) is 7.78. The number of anilines is 1. The number of carbonyl (C=O) groups is 2. The van der Waals surface area contributed by atoms with E-state index in [0.717, 1.165) is 4.47 Å². The molecule has 3 aromatic rings. The maximum atomic E-state index is 12.3. The van der Waals surface area contributed by atoms with Gasteiger partial charge in [-0.1, -0.05) is 46.3 Å². The summed E-state index contributed by atoms with van der Waals surface area (Å²) in [4.78, 5) is 24.3. The molecule has 3 rings (SSSR count). The Morgan fingerprint density at radius 2 is 1.84 bits per heavy atom. The fraction of sp³-hybridized carbons (Fsp3) is 0.0870. The van der Waals surface area contributed by atoms with Crippen molar-refractivity contribution in [1.82, 2.24) is 5.43 Å². The van der Waals surface area contributed by atoms with E-state index in [4.69, 9.17) is 9.47 Å². The molecule has 7 nitrogen and oxygen atoms in total. The summed E-state index contributed by atoms with van der Waals surface area (Å²) in [5, 5.41) is 6.94. The zero-order valence-electron chi connectivity index (χ0n) is 16.7. The highest BCUT2D eigenvalue weighted by atomic mass is 79.9. The minimum Gasteiger partial charge on any atom is -0.495 e. The van der Waals surface area contributed by atoms with E-state index in [0.29, 0.717) is 28.3 Å². The molecule has 0 spiro atoms. The van der Waals surface area contributed by atoms with Crippen LogP contribution >= 0.6 is 15.9 Å². The predicted molar refractivity (Wildman–Crippen MR) is 123 cm³/mol. The summed E-state index contributed by atoms with van der Waals surface area (Å²) >= 11 is 3.33. The smallest absolute Gasteiger partial charge is 0.343 e. The van der Waals surface area contributed by atoms with Crippen LogP contribution in [0.3, 0.4) is 0 Å². The Hall–Kier alpha value is -3.65. The second-order valence-electron chi connectivity index (χ2n) is 6.32. The third-order valence-corrected chi connectivity index (χ3v) is 4.57. The van der Waals surface area contributed by atoms with Crippen LogP contribution in [0.5, 0.6) is 11.5 Å². The van der Waals surface area contributed by atoms with Crippen LogP contribution in [-0.2, 0) is 4.79 Å². The molecule has 0 heterocycles. The molecular formula is C23H20BrN3O4. The summed E-state index contributed by atoms with van der Waals surface area (Å²) in [5.41, 5.74) is 4.26. The Morgan fingerprint density at radius 1 is 1.03 bits per heavy atom. The van der Waals surface area contributed by atoms with Gasteiger partial charge in [0.15, 0.2) is 0 Å². The molecule has 31 heavy (non-hydrogen) atoms. The molecule has 158 valence electrons. The molecule has 0 atom stereocenters. The van der Waals surface area contributed by atoms with Crippen molar-refractivity contribution in [2.24, 2.45) is 5.10 Å². The highest BCUT2D eigenvalue weighted by Gasteiger charge is 2.09. The maximum absolute atomic E-state index is 12.3. The van der Waals surface area contributed by atoms with Gasteiger partial charge < -0.3 is 14.8 Å². The number of halogens is 1. The lowest BCUT2D eigenvalue weighted by Crippen LogP contribution is -2.26. The van der Waals surface area contributed by atoms with E-state index in [1.165, 1.54) is 6.21 Å².